The van der Waals surface area contributed by atoms with Crippen molar-refractivity contribution in [1.82, 2.24) is 0 Å². The van der Waals surface area contributed by atoms with Gasteiger partial charge in [0.2, 0.25) is 0 Å². The zero-order chi connectivity index (χ0) is 14.3. The van der Waals surface area contributed by atoms with E-state index in [0.29, 0.717) is 19.3 Å². The second-order valence-electron chi connectivity index (χ2n) is 4.37. The molecule has 0 aliphatic heterocycles. The van der Waals surface area contributed by atoms with Gasteiger partial charge in [0, 0.05) is 0 Å². The van der Waals surface area contributed by atoms with Crippen molar-refractivity contribution in [3.05, 3.63) is 29.8 Å². The van der Waals surface area contributed by atoms with E-state index in [9.17, 15) is 8.42 Å². The van der Waals surface area contributed by atoms with Gasteiger partial charge in [0.05, 0.1) is 17.6 Å². The van der Waals surface area contributed by atoms with Crippen LogP contribution in [0.15, 0.2) is 29.2 Å². The number of aryl methyl sites for hydroxylation is 1. The Bertz CT molecular complexity index is 466. The smallest absolute Gasteiger partial charge is 0.263 e. The minimum atomic E-state index is -3.73. The zero-order valence-corrected chi connectivity index (χ0v) is 12.0. The average molecular weight is 288 g/mol. The van der Waals surface area contributed by atoms with Crippen molar-refractivity contribution in [2.24, 2.45) is 0 Å². The molecule has 0 fully saturated rings. The predicted molar refractivity (Wildman–Crippen MR) is 71.3 cm³/mol. The molecular formula is C13H20O5S. The second kappa shape index (κ2) is 7.59. The summed E-state index contributed by atoms with van der Waals surface area (Å²) in [6.07, 6.45) is 1.23. The third kappa shape index (κ3) is 5.28. The molecule has 0 spiro atoms. The molecule has 1 rings (SSSR count). The molecule has 108 valence electrons. The van der Waals surface area contributed by atoms with Crippen molar-refractivity contribution in [3.8, 4) is 0 Å². The van der Waals surface area contributed by atoms with Gasteiger partial charge in [0.25, 0.3) is 10.1 Å². The first kappa shape index (κ1) is 16.1. The molecule has 0 bridgehead atoms. The van der Waals surface area contributed by atoms with Crippen LogP contribution in [0.3, 0.4) is 0 Å². The van der Waals surface area contributed by atoms with Gasteiger partial charge in [-0.1, -0.05) is 24.6 Å². The van der Waals surface area contributed by atoms with Crippen molar-refractivity contribution >= 4 is 10.1 Å². The summed E-state index contributed by atoms with van der Waals surface area (Å²) in [5, 5.41) is 8.23. The van der Waals surface area contributed by atoms with Crippen LogP contribution in [0, 0.1) is 6.92 Å². The molecule has 5 nitrogen and oxygen atoms in total. The Balaban J connectivity index is 2.69. The Morgan fingerprint density at radius 1 is 1.26 bits per heavy atom. The Kier molecular flexibility index (Phi) is 6.44. The van der Waals surface area contributed by atoms with Crippen LogP contribution >= 0.6 is 0 Å². The van der Waals surface area contributed by atoms with Crippen LogP contribution in [0.4, 0.5) is 0 Å². The topological polar surface area (TPSA) is 72.8 Å². The van der Waals surface area contributed by atoms with Crippen LogP contribution in [-0.4, -0.2) is 26.4 Å². The first-order valence-electron chi connectivity index (χ1n) is 6.26. The zero-order valence-electron chi connectivity index (χ0n) is 11.2. The molecule has 0 radical (unpaired) electrons. The lowest BCUT2D eigenvalue weighted by Crippen LogP contribution is -2.18. The van der Waals surface area contributed by atoms with Gasteiger partial charge in [-0.2, -0.15) is 8.42 Å². The van der Waals surface area contributed by atoms with Crippen LogP contribution in [0.5, 0.6) is 0 Å². The van der Waals surface area contributed by atoms with E-state index < -0.39 is 16.2 Å². The van der Waals surface area contributed by atoms with Gasteiger partial charge in [-0.05, 0) is 38.3 Å². The van der Waals surface area contributed by atoms with Crippen LogP contribution < -0.4 is 0 Å². The molecular weight excluding hydrogens is 268 g/mol. The maximum atomic E-state index is 12.0. The number of hydrogen-bond donors (Lipinski definition) is 1. The summed E-state index contributed by atoms with van der Waals surface area (Å²) < 4.78 is 29.3. The summed E-state index contributed by atoms with van der Waals surface area (Å²) >= 11 is 0. The van der Waals surface area contributed by atoms with Crippen LogP contribution in [0.2, 0.25) is 0 Å². The summed E-state index contributed by atoms with van der Waals surface area (Å²) in [4.78, 5) is 4.12. The number of rotatable bonds is 8. The molecule has 1 aromatic carbocycles. The highest BCUT2D eigenvalue weighted by Crippen LogP contribution is 2.18. The summed E-state index contributed by atoms with van der Waals surface area (Å²) in [7, 11) is -3.73. The quantitative estimate of drug-likeness (QED) is 0.344. The summed E-state index contributed by atoms with van der Waals surface area (Å²) in [6.45, 7) is 3.92. The lowest BCUT2D eigenvalue weighted by atomic mass is 10.2. The van der Waals surface area contributed by atoms with Crippen molar-refractivity contribution in [1.29, 1.82) is 0 Å². The first-order chi connectivity index (χ1) is 8.99. The van der Waals surface area contributed by atoms with E-state index in [-0.39, 0.29) is 11.5 Å². The van der Waals surface area contributed by atoms with E-state index in [2.05, 4.69) is 4.89 Å². The highest BCUT2D eigenvalue weighted by atomic mass is 32.2. The van der Waals surface area contributed by atoms with Crippen LogP contribution in [0.25, 0.3) is 0 Å². The monoisotopic (exact) mass is 288 g/mol. The van der Waals surface area contributed by atoms with E-state index in [1.54, 1.807) is 12.1 Å². The third-order valence-corrected chi connectivity index (χ3v) is 4.16. The highest BCUT2D eigenvalue weighted by Gasteiger charge is 2.20. The van der Waals surface area contributed by atoms with Gasteiger partial charge in [0.1, 0.15) is 0 Å². The molecule has 0 heterocycles. The van der Waals surface area contributed by atoms with Gasteiger partial charge >= 0.3 is 0 Å². The Morgan fingerprint density at radius 2 is 1.89 bits per heavy atom. The van der Waals surface area contributed by atoms with Crippen molar-refractivity contribution < 1.29 is 22.7 Å². The molecule has 1 unspecified atom stereocenters. The lowest BCUT2D eigenvalue weighted by Gasteiger charge is -2.15. The van der Waals surface area contributed by atoms with Crippen molar-refractivity contribution in [2.45, 2.75) is 44.1 Å². The van der Waals surface area contributed by atoms with Crippen LogP contribution in [-0.2, 0) is 19.2 Å². The first-order valence-corrected chi connectivity index (χ1v) is 7.66. The summed E-state index contributed by atoms with van der Waals surface area (Å²) in [5.41, 5.74) is 0.992. The number of hydrogen-bond acceptors (Lipinski definition) is 5. The van der Waals surface area contributed by atoms with Crippen LogP contribution in [0.1, 0.15) is 31.7 Å². The highest BCUT2D eigenvalue weighted by molar-refractivity contribution is 7.86. The van der Waals surface area contributed by atoms with E-state index in [4.69, 9.17) is 9.44 Å². The SMILES string of the molecule is CCC(CCCOO)OS(=O)(=O)c1ccc(C)cc1. The molecule has 0 saturated heterocycles. The molecule has 0 aliphatic rings. The minimum Gasteiger partial charge on any atom is -0.263 e. The predicted octanol–water partition coefficient (Wildman–Crippen LogP) is 2.75. The van der Waals surface area contributed by atoms with E-state index in [1.165, 1.54) is 12.1 Å². The van der Waals surface area contributed by atoms with Gasteiger partial charge < -0.3 is 0 Å². The fraction of sp³-hybridized carbons (Fsp3) is 0.538. The van der Waals surface area contributed by atoms with Gasteiger partial charge in [-0.15, -0.1) is 0 Å². The van der Waals surface area contributed by atoms with E-state index in [1.807, 2.05) is 13.8 Å². The summed E-state index contributed by atoms with van der Waals surface area (Å²) in [6, 6.07) is 6.54. The molecule has 0 aliphatic carbocycles. The maximum absolute atomic E-state index is 12.0. The molecule has 1 aromatic rings. The fourth-order valence-electron chi connectivity index (χ4n) is 1.64. The molecule has 6 heteroatoms. The summed E-state index contributed by atoms with van der Waals surface area (Å²) in [5.74, 6) is 0. The van der Waals surface area contributed by atoms with Crippen molar-refractivity contribution in [3.63, 3.8) is 0 Å². The Morgan fingerprint density at radius 3 is 2.42 bits per heavy atom. The maximum Gasteiger partial charge on any atom is 0.297 e. The molecule has 1 N–H and O–H groups in total. The molecule has 19 heavy (non-hydrogen) atoms. The minimum absolute atomic E-state index is 0.162. The number of benzene rings is 1. The molecule has 0 amide bonds. The van der Waals surface area contributed by atoms with Gasteiger partial charge in [-0.3, -0.25) is 9.44 Å². The van der Waals surface area contributed by atoms with E-state index >= 15 is 0 Å². The second-order valence-corrected chi connectivity index (χ2v) is 5.94. The van der Waals surface area contributed by atoms with Gasteiger partial charge in [0.15, 0.2) is 0 Å². The largest absolute Gasteiger partial charge is 0.297 e. The van der Waals surface area contributed by atoms with E-state index in [0.717, 1.165) is 5.56 Å². The molecule has 0 saturated carbocycles. The van der Waals surface area contributed by atoms with Crippen molar-refractivity contribution in [2.75, 3.05) is 6.61 Å². The van der Waals surface area contributed by atoms with Gasteiger partial charge in [-0.25, -0.2) is 4.89 Å². The third-order valence-electron chi connectivity index (χ3n) is 2.79. The standard InChI is InChI=1S/C13H20O5S/c1-3-12(5-4-10-17-14)18-19(15,16)13-8-6-11(2)7-9-13/h6-9,12,14H,3-5,10H2,1-2H3. The molecule has 1 atom stereocenters. The Hall–Kier alpha value is -0.950. The normalized spacial score (nSPS) is 13.4. The molecule has 0 aromatic heterocycles. The Labute approximate surface area is 114 Å². The average Bonchev–Trinajstić information content (AvgIpc) is 2.38. The fourth-order valence-corrected chi connectivity index (χ4v) is 2.81. The lowest BCUT2D eigenvalue weighted by molar-refractivity contribution is -0.243.